The van der Waals surface area contributed by atoms with Crippen molar-refractivity contribution in [2.75, 3.05) is 39.3 Å². The van der Waals surface area contributed by atoms with Crippen molar-refractivity contribution >= 4 is 12.1 Å². The number of piperazine rings is 1. The predicted molar refractivity (Wildman–Crippen MR) is 88.6 cm³/mol. The van der Waals surface area contributed by atoms with Gasteiger partial charge in [-0.25, -0.2) is 4.79 Å². The number of rotatable bonds is 7. The van der Waals surface area contributed by atoms with Gasteiger partial charge in [0.1, 0.15) is 5.60 Å². The molecule has 0 aromatic rings. The van der Waals surface area contributed by atoms with Crippen molar-refractivity contribution in [2.24, 2.45) is 0 Å². The van der Waals surface area contributed by atoms with Gasteiger partial charge in [-0.1, -0.05) is 0 Å². The third-order valence-electron chi connectivity index (χ3n) is 3.75. The van der Waals surface area contributed by atoms with Gasteiger partial charge in [-0.05, 0) is 47.1 Å². The van der Waals surface area contributed by atoms with Gasteiger partial charge in [0.2, 0.25) is 0 Å². The van der Waals surface area contributed by atoms with Gasteiger partial charge in [-0.15, -0.1) is 0 Å². The maximum atomic E-state index is 11.5. The van der Waals surface area contributed by atoms with Gasteiger partial charge in [0, 0.05) is 32.2 Å². The summed E-state index contributed by atoms with van der Waals surface area (Å²) in [6, 6.07) is 0.363. The second kappa shape index (κ2) is 9.08. The number of nitrogens with zero attached hydrogens (tertiary/aromatic N) is 2. The lowest BCUT2D eigenvalue weighted by molar-refractivity contribution is -0.139. The number of carboxylic acid groups (broad SMARTS) is 1. The van der Waals surface area contributed by atoms with Crippen molar-refractivity contribution in [1.82, 2.24) is 15.1 Å². The van der Waals surface area contributed by atoms with Crippen molar-refractivity contribution in [1.29, 1.82) is 0 Å². The second-order valence-corrected chi connectivity index (χ2v) is 7.15. The highest BCUT2D eigenvalue weighted by molar-refractivity contribution is 5.69. The van der Waals surface area contributed by atoms with Crippen LogP contribution in [0.1, 0.15) is 40.5 Å². The molecule has 7 nitrogen and oxygen atoms in total. The highest BCUT2D eigenvalue weighted by Crippen LogP contribution is 2.10. The first-order valence-electron chi connectivity index (χ1n) is 8.32. The molecule has 1 rings (SSSR count). The number of ether oxygens (including phenoxy) is 1. The Kier molecular flexibility index (Phi) is 7.78. The van der Waals surface area contributed by atoms with Crippen LogP contribution in [0.2, 0.25) is 0 Å². The van der Waals surface area contributed by atoms with Gasteiger partial charge >= 0.3 is 12.1 Å². The fourth-order valence-electron chi connectivity index (χ4n) is 2.68. The Morgan fingerprint density at radius 2 is 1.96 bits per heavy atom. The summed E-state index contributed by atoms with van der Waals surface area (Å²) in [5.41, 5.74) is -0.463. The molecular formula is C16H31N3O4. The van der Waals surface area contributed by atoms with E-state index in [-0.39, 0.29) is 12.6 Å². The fourth-order valence-corrected chi connectivity index (χ4v) is 2.68. The number of unbranched alkanes of at least 4 members (excludes halogenated alkanes) is 1. The number of amides is 1. The van der Waals surface area contributed by atoms with Crippen LogP contribution in [-0.4, -0.2) is 77.9 Å². The molecule has 1 amide bonds. The minimum Gasteiger partial charge on any atom is -0.480 e. The normalized spacial score (nSPS) is 20.3. The van der Waals surface area contributed by atoms with Crippen molar-refractivity contribution in [3.8, 4) is 0 Å². The summed E-state index contributed by atoms with van der Waals surface area (Å²) in [5, 5.41) is 11.6. The number of hydrogen-bond donors (Lipinski definition) is 2. The Morgan fingerprint density at radius 1 is 1.26 bits per heavy atom. The fraction of sp³-hybridized carbons (Fsp3) is 0.875. The predicted octanol–water partition coefficient (Wildman–Crippen LogP) is 1.38. The van der Waals surface area contributed by atoms with E-state index in [1.165, 1.54) is 0 Å². The summed E-state index contributed by atoms with van der Waals surface area (Å²) in [5.74, 6) is -0.765. The average Bonchev–Trinajstić information content (AvgIpc) is 2.37. The lowest BCUT2D eigenvalue weighted by atomic mass is 10.1. The first kappa shape index (κ1) is 19.7. The smallest absolute Gasteiger partial charge is 0.407 e. The van der Waals surface area contributed by atoms with E-state index < -0.39 is 11.6 Å². The molecule has 2 N–H and O–H groups in total. The summed E-state index contributed by atoms with van der Waals surface area (Å²) < 4.78 is 5.18. The Bertz CT molecular complexity index is 395. The largest absolute Gasteiger partial charge is 0.480 e. The van der Waals surface area contributed by atoms with Crippen molar-refractivity contribution < 1.29 is 19.4 Å². The van der Waals surface area contributed by atoms with Gasteiger partial charge < -0.3 is 15.2 Å². The van der Waals surface area contributed by atoms with Crippen LogP contribution in [-0.2, 0) is 9.53 Å². The lowest BCUT2D eigenvalue weighted by Crippen LogP contribution is -2.53. The average molecular weight is 329 g/mol. The number of carbonyl (C=O) groups is 2. The Hall–Kier alpha value is -1.34. The van der Waals surface area contributed by atoms with E-state index in [2.05, 4.69) is 17.1 Å². The van der Waals surface area contributed by atoms with E-state index in [1.54, 1.807) is 0 Å². The molecule has 1 heterocycles. The van der Waals surface area contributed by atoms with Gasteiger partial charge in [0.05, 0.1) is 6.54 Å². The highest BCUT2D eigenvalue weighted by Gasteiger charge is 2.24. The van der Waals surface area contributed by atoms with Gasteiger partial charge in [-0.3, -0.25) is 14.6 Å². The lowest BCUT2D eigenvalue weighted by Gasteiger charge is -2.39. The molecule has 0 saturated carbocycles. The number of carbonyl (C=O) groups excluding carboxylic acids is 1. The molecule has 0 bridgehead atoms. The van der Waals surface area contributed by atoms with Crippen molar-refractivity contribution in [2.45, 2.75) is 52.2 Å². The van der Waals surface area contributed by atoms with Crippen LogP contribution in [0, 0.1) is 0 Å². The molecule has 23 heavy (non-hydrogen) atoms. The van der Waals surface area contributed by atoms with Crippen molar-refractivity contribution in [3.05, 3.63) is 0 Å². The summed E-state index contributed by atoms with van der Waals surface area (Å²) in [6.45, 7) is 11.9. The summed E-state index contributed by atoms with van der Waals surface area (Å²) in [4.78, 5) is 26.6. The standard InChI is InChI=1S/C16H31N3O4/c1-13-11-18(12-14(20)21)9-10-19(13)8-6-5-7-17-15(22)23-16(2,3)4/h13H,5-12H2,1-4H3,(H,17,22)(H,20,21). The SMILES string of the molecule is CC1CN(CC(=O)O)CCN1CCCCNC(=O)OC(C)(C)C. The number of aliphatic carboxylic acids is 1. The van der Waals surface area contributed by atoms with E-state index in [0.29, 0.717) is 12.6 Å². The molecule has 1 saturated heterocycles. The molecule has 1 aliphatic heterocycles. The van der Waals surface area contributed by atoms with E-state index >= 15 is 0 Å². The first-order valence-corrected chi connectivity index (χ1v) is 8.32. The minimum atomic E-state index is -0.765. The van der Waals surface area contributed by atoms with Gasteiger partial charge in [0.25, 0.3) is 0 Å². The monoisotopic (exact) mass is 329 g/mol. The topological polar surface area (TPSA) is 82.1 Å². The maximum absolute atomic E-state index is 11.5. The Labute approximate surface area is 139 Å². The zero-order chi connectivity index (χ0) is 17.5. The number of nitrogens with one attached hydrogen (secondary N) is 1. The van der Waals surface area contributed by atoms with Crippen LogP contribution >= 0.6 is 0 Å². The third kappa shape index (κ3) is 8.76. The van der Waals surface area contributed by atoms with Crippen LogP contribution < -0.4 is 5.32 Å². The minimum absolute atomic E-state index is 0.123. The zero-order valence-corrected chi connectivity index (χ0v) is 14.8. The quantitative estimate of drug-likeness (QED) is 0.687. The third-order valence-corrected chi connectivity index (χ3v) is 3.75. The molecule has 1 fully saturated rings. The van der Waals surface area contributed by atoms with E-state index in [9.17, 15) is 9.59 Å². The van der Waals surface area contributed by atoms with Crippen LogP contribution in [0.25, 0.3) is 0 Å². The highest BCUT2D eigenvalue weighted by atomic mass is 16.6. The maximum Gasteiger partial charge on any atom is 0.407 e. The van der Waals surface area contributed by atoms with Crippen LogP contribution in [0.4, 0.5) is 4.79 Å². The molecule has 1 aliphatic rings. The molecule has 0 aromatic carbocycles. The second-order valence-electron chi connectivity index (χ2n) is 7.15. The summed E-state index contributed by atoms with van der Waals surface area (Å²) in [7, 11) is 0. The molecule has 1 atom stereocenters. The number of alkyl carbamates (subject to hydrolysis) is 1. The number of hydrogen-bond acceptors (Lipinski definition) is 5. The molecule has 0 aromatic heterocycles. The Morgan fingerprint density at radius 3 is 2.52 bits per heavy atom. The molecule has 0 spiro atoms. The molecule has 134 valence electrons. The van der Waals surface area contributed by atoms with Gasteiger partial charge in [0.15, 0.2) is 0 Å². The first-order chi connectivity index (χ1) is 10.7. The van der Waals surface area contributed by atoms with Crippen molar-refractivity contribution in [3.63, 3.8) is 0 Å². The number of carboxylic acids is 1. The van der Waals surface area contributed by atoms with E-state index in [4.69, 9.17) is 9.84 Å². The summed E-state index contributed by atoms with van der Waals surface area (Å²) in [6.07, 6.45) is 1.54. The van der Waals surface area contributed by atoms with Crippen LogP contribution in [0.3, 0.4) is 0 Å². The molecule has 7 heteroatoms. The molecule has 1 unspecified atom stereocenters. The summed E-state index contributed by atoms with van der Waals surface area (Å²) >= 11 is 0. The Balaban J connectivity index is 2.12. The zero-order valence-electron chi connectivity index (χ0n) is 14.8. The molecular weight excluding hydrogens is 298 g/mol. The molecule has 0 aliphatic carbocycles. The van der Waals surface area contributed by atoms with Crippen LogP contribution in [0.5, 0.6) is 0 Å². The van der Waals surface area contributed by atoms with E-state index in [1.807, 2.05) is 25.7 Å². The van der Waals surface area contributed by atoms with E-state index in [0.717, 1.165) is 39.0 Å². The van der Waals surface area contributed by atoms with Gasteiger partial charge in [-0.2, -0.15) is 0 Å². The molecule has 0 radical (unpaired) electrons. The van der Waals surface area contributed by atoms with Crippen LogP contribution in [0.15, 0.2) is 0 Å².